The zero-order valence-corrected chi connectivity index (χ0v) is 21.8. The molecule has 0 aliphatic carbocycles. The Hall–Kier alpha value is -1.06. The number of carbonyl (C=O) groups excluding carboxylic acids is 2. The van der Waals surface area contributed by atoms with E-state index in [2.05, 4.69) is 13.8 Å². The van der Waals surface area contributed by atoms with Crippen molar-refractivity contribution in [2.75, 3.05) is 6.61 Å². The molecule has 0 heterocycles. The van der Waals surface area contributed by atoms with Crippen LogP contribution in [0.1, 0.15) is 156 Å². The molecule has 0 radical (unpaired) electrons. The first kappa shape index (κ1) is 30.9. The van der Waals surface area contributed by atoms with Gasteiger partial charge in [-0.15, -0.1) is 0 Å². The number of carbonyl (C=O) groups is 2. The first-order chi connectivity index (χ1) is 15.6. The maximum atomic E-state index is 12.3. The molecule has 32 heavy (non-hydrogen) atoms. The molecular weight excluding hydrogens is 400 g/mol. The van der Waals surface area contributed by atoms with Gasteiger partial charge < -0.3 is 9.47 Å². The van der Waals surface area contributed by atoms with Crippen molar-refractivity contribution in [3.05, 3.63) is 0 Å². The second-order valence-electron chi connectivity index (χ2n) is 9.42. The van der Waals surface area contributed by atoms with E-state index < -0.39 is 12.1 Å². The van der Waals surface area contributed by atoms with E-state index in [-0.39, 0.29) is 5.97 Å². The monoisotopic (exact) mass is 454 g/mol. The topological polar surface area (TPSA) is 52.6 Å². The molecular formula is C28H54O4. The normalized spacial score (nSPS) is 12.0. The number of rotatable bonds is 24. The van der Waals surface area contributed by atoms with Crippen LogP contribution in [-0.2, 0) is 19.1 Å². The lowest BCUT2D eigenvalue weighted by Gasteiger charge is -2.16. The molecule has 190 valence electrons. The lowest BCUT2D eigenvalue weighted by atomic mass is 10.0. The van der Waals surface area contributed by atoms with Crippen molar-refractivity contribution in [3.8, 4) is 0 Å². The van der Waals surface area contributed by atoms with E-state index >= 15 is 0 Å². The summed E-state index contributed by atoms with van der Waals surface area (Å²) in [6, 6.07) is 0. The van der Waals surface area contributed by atoms with E-state index in [1.54, 1.807) is 0 Å². The highest BCUT2D eigenvalue weighted by atomic mass is 16.6. The van der Waals surface area contributed by atoms with E-state index in [1.165, 1.54) is 110 Å². The molecule has 0 saturated carbocycles. The van der Waals surface area contributed by atoms with Gasteiger partial charge in [0.05, 0.1) is 6.61 Å². The lowest BCUT2D eigenvalue weighted by molar-refractivity contribution is -0.167. The van der Waals surface area contributed by atoms with Crippen molar-refractivity contribution in [2.45, 2.75) is 162 Å². The Morgan fingerprint density at radius 2 is 0.938 bits per heavy atom. The first-order valence-corrected chi connectivity index (χ1v) is 14.0. The third-order valence-corrected chi connectivity index (χ3v) is 6.13. The van der Waals surface area contributed by atoms with Crippen molar-refractivity contribution in [1.82, 2.24) is 0 Å². The molecule has 0 fully saturated rings. The number of hydrogen-bond acceptors (Lipinski definition) is 4. The Kier molecular flexibility index (Phi) is 23.8. The molecule has 4 heteroatoms. The van der Waals surface area contributed by atoms with Gasteiger partial charge in [-0.05, 0) is 19.3 Å². The minimum atomic E-state index is -0.732. The van der Waals surface area contributed by atoms with E-state index in [4.69, 9.17) is 9.47 Å². The SMILES string of the molecule is CCCCCCCCCCCCCCCCC(OC(C)=O)C(=O)OCCCCCCCC. The second-order valence-corrected chi connectivity index (χ2v) is 9.42. The summed E-state index contributed by atoms with van der Waals surface area (Å²) in [6.45, 7) is 6.26. The Bertz CT molecular complexity index is 422. The molecule has 0 N–H and O–H groups in total. The van der Waals surface area contributed by atoms with Gasteiger partial charge in [-0.2, -0.15) is 0 Å². The maximum Gasteiger partial charge on any atom is 0.347 e. The summed E-state index contributed by atoms with van der Waals surface area (Å²) in [4.78, 5) is 23.6. The van der Waals surface area contributed by atoms with Crippen LogP contribution in [0.15, 0.2) is 0 Å². The molecule has 0 aromatic heterocycles. The predicted molar refractivity (Wildman–Crippen MR) is 135 cm³/mol. The summed E-state index contributed by atoms with van der Waals surface area (Å²) in [5, 5.41) is 0. The van der Waals surface area contributed by atoms with Crippen LogP contribution in [0.3, 0.4) is 0 Å². The smallest absolute Gasteiger partial charge is 0.347 e. The van der Waals surface area contributed by atoms with Crippen LogP contribution in [0.2, 0.25) is 0 Å². The molecule has 0 aromatic rings. The van der Waals surface area contributed by atoms with E-state index in [9.17, 15) is 9.59 Å². The lowest BCUT2D eigenvalue weighted by Crippen LogP contribution is -2.28. The van der Waals surface area contributed by atoms with Gasteiger partial charge in [-0.25, -0.2) is 4.79 Å². The highest BCUT2D eigenvalue weighted by Gasteiger charge is 2.22. The molecule has 0 rings (SSSR count). The summed E-state index contributed by atoms with van der Waals surface area (Å²) in [6.07, 6.45) is 25.0. The molecule has 0 aliphatic heterocycles. The van der Waals surface area contributed by atoms with E-state index in [0.29, 0.717) is 13.0 Å². The molecule has 1 unspecified atom stereocenters. The molecule has 1 atom stereocenters. The third-order valence-electron chi connectivity index (χ3n) is 6.13. The van der Waals surface area contributed by atoms with Gasteiger partial charge in [0.15, 0.2) is 6.10 Å². The highest BCUT2D eigenvalue weighted by Crippen LogP contribution is 2.15. The molecule has 0 amide bonds. The first-order valence-electron chi connectivity index (χ1n) is 14.0. The van der Waals surface area contributed by atoms with Gasteiger partial charge in [0.1, 0.15) is 0 Å². The van der Waals surface area contributed by atoms with Gasteiger partial charge >= 0.3 is 11.9 Å². The maximum absolute atomic E-state index is 12.3. The van der Waals surface area contributed by atoms with Crippen molar-refractivity contribution in [2.24, 2.45) is 0 Å². The fraction of sp³-hybridized carbons (Fsp3) is 0.929. The van der Waals surface area contributed by atoms with E-state index in [1.807, 2.05) is 0 Å². The Balaban J connectivity index is 3.67. The van der Waals surface area contributed by atoms with Crippen molar-refractivity contribution in [3.63, 3.8) is 0 Å². The summed E-state index contributed by atoms with van der Waals surface area (Å²) in [5.74, 6) is -0.777. The number of esters is 2. The number of unbranched alkanes of at least 4 members (excludes halogenated alkanes) is 18. The Morgan fingerprint density at radius 3 is 1.34 bits per heavy atom. The Labute approximate surface area is 199 Å². The average Bonchev–Trinajstić information content (AvgIpc) is 2.77. The number of ether oxygens (including phenoxy) is 2. The third kappa shape index (κ3) is 22.1. The van der Waals surface area contributed by atoms with Crippen molar-refractivity contribution < 1.29 is 19.1 Å². The molecule has 0 aliphatic rings. The van der Waals surface area contributed by atoms with Crippen LogP contribution < -0.4 is 0 Å². The molecule has 0 spiro atoms. The predicted octanol–water partition coefficient (Wildman–Crippen LogP) is 8.69. The molecule has 0 bridgehead atoms. The van der Waals surface area contributed by atoms with Gasteiger partial charge in [0.2, 0.25) is 0 Å². The number of hydrogen-bond donors (Lipinski definition) is 0. The van der Waals surface area contributed by atoms with Crippen LogP contribution in [0.5, 0.6) is 0 Å². The fourth-order valence-corrected chi connectivity index (χ4v) is 4.10. The zero-order chi connectivity index (χ0) is 23.7. The average molecular weight is 455 g/mol. The van der Waals surface area contributed by atoms with Gasteiger partial charge in [0, 0.05) is 6.92 Å². The summed E-state index contributed by atoms with van der Waals surface area (Å²) < 4.78 is 10.6. The van der Waals surface area contributed by atoms with E-state index in [0.717, 1.165) is 25.7 Å². The van der Waals surface area contributed by atoms with Crippen LogP contribution >= 0.6 is 0 Å². The van der Waals surface area contributed by atoms with Crippen molar-refractivity contribution in [1.29, 1.82) is 0 Å². The standard InChI is InChI=1S/C28H54O4/c1-4-6-8-10-12-13-14-15-16-17-18-19-20-22-24-27(32-26(3)29)28(30)31-25-23-21-11-9-7-5-2/h27H,4-25H2,1-3H3. The van der Waals surface area contributed by atoms with Gasteiger partial charge in [0.25, 0.3) is 0 Å². The zero-order valence-electron chi connectivity index (χ0n) is 21.8. The van der Waals surface area contributed by atoms with Crippen LogP contribution in [0, 0.1) is 0 Å². The highest BCUT2D eigenvalue weighted by molar-refractivity contribution is 5.78. The van der Waals surface area contributed by atoms with Crippen LogP contribution in [0.25, 0.3) is 0 Å². The fourth-order valence-electron chi connectivity index (χ4n) is 4.10. The Morgan fingerprint density at radius 1 is 0.562 bits per heavy atom. The van der Waals surface area contributed by atoms with Crippen LogP contribution in [-0.4, -0.2) is 24.6 Å². The quantitative estimate of drug-likeness (QED) is 0.108. The van der Waals surface area contributed by atoms with Crippen molar-refractivity contribution >= 4 is 11.9 Å². The minimum absolute atomic E-state index is 0.372. The van der Waals surface area contributed by atoms with Gasteiger partial charge in [-0.1, -0.05) is 129 Å². The molecule has 0 aromatic carbocycles. The summed E-state index contributed by atoms with van der Waals surface area (Å²) in [5.41, 5.74) is 0. The largest absolute Gasteiger partial charge is 0.463 e. The second kappa shape index (κ2) is 24.6. The summed E-state index contributed by atoms with van der Waals surface area (Å²) >= 11 is 0. The van der Waals surface area contributed by atoms with Crippen LogP contribution in [0.4, 0.5) is 0 Å². The molecule has 4 nitrogen and oxygen atoms in total. The van der Waals surface area contributed by atoms with Gasteiger partial charge in [-0.3, -0.25) is 4.79 Å². The molecule has 0 saturated heterocycles. The summed E-state index contributed by atoms with van der Waals surface area (Å²) in [7, 11) is 0. The minimum Gasteiger partial charge on any atom is -0.463 e.